The Kier molecular flexibility index (Phi) is 6.11. The summed E-state index contributed by atoms with van der Waals surface area (Å²) in [6, 6.07) is 11.3. The zero-order valence-electron chi connectivity index (χ0n) is 16.7. The fourth-order valence-corrected chi connectivity index (χ4v) is 4.35. The predicted molar refractivity (Wildman–Crippen MR) is 118 cm³/mol. The lowest BCUT2D eigenvalue weighted by molar-refractivity contribution is -0.115. The summed E-state index contributed by atoms with van der Waals surface area (Å²) in [5.41, 5.74) is 2.58. The molecule has 1 aliphatic rings. The highest BCUT2D eigenvalue weighted by Gasteiger charge is 2.18. The summed E-state index contributed by atoms with van der Waals surface area (Å²) in [5, 5.41) is 3.88. The lowest BCUT2D eigenvalue weighted by Gasteiger charge is -2.20. The van der Waals surface area contributed by atoms with E-state index < -0.39 is 0 Å². The monoisotopic (exact) mass is 444 g/mol. The van der Waals surface area contributed by atoms with E-state index in [2.05, 4.69) is 10.3 Å². The Labute approximate surface area is 183 Å². The molecular weight excluding hydrogens is 424 g/mol. The second-order valence-electron chi connectivity index (χ2n) is 6.71. The third-order valence-electron chi connectivity index (χ3n) is 4.50. The van der Waals surface area contributed by atoms with E-state index in [1.165, 1.54) is 11.3 Å². The van der Waals surface area contributed by atoms with Gasteiger partial charge in [0.05, 0.1) is 23.7 Å². The van der Waals surface area contributed by atoms with Gasteiger partial charge in [-0.2, -0.15) is 0 Å². The van der Waals surface area contributed by atoms with Crippen molar-refractivity contribution in [2.24, 2.45) is 0 Å². The van der Waals surface area contributed by atoms with Crippen molar-refractivity contribution < 1.29 is 19.0 Å². The van der Waals surface area contributed by atoms with Gasteiger partial charge in [-0.25, -0.2) is 4.98 Å². The average Bonchev–Trinajstić information content (AvgIpc) is 3.08. The third-order valence-corrected chi connectivity index (χ3v) is 5.67. The van der Waals surface area contributed by atoms with Crippen LogP contribution in [0.1, 0.15) is 17.4 Å². The van der Waals surface area contributed by atoms with E-state index >= 15 is 0 Å². The van der Waals surface area contributed by atoms with Crippen LogP contribution in [0.15, 0.2) is 36.4 Å². The molecule has 0 aliphatic carbocycles. The van der Waals surface area contributed by atoms with Crippen molar-refractivity contribution in [2.45, 2.75) is 20.3 Å². The van der Waals surface area contributed by atoms with Gasteiger partial charge in [-0.05, 0) is 55.8 Å². The average molecular weight is 445 g/mol. The molecule has 0 saturated heterocycles. The Hall–Kier alpha value is -2.77. The van der Waals surface area contributed by atoms with Gasteiger partial charge in [-0.1, -0.05) is 11.6 Å². The summed E-state index contributed by atoms with van der Waals surface area (Å²) >= 11 is 7.70. The number of carbonyl (C=O) groups excluding carboxylic acids is 1. The number of amides is 1. The Bertz CT molecular complexity index is 1070. The molecule has 0 fully saturated rings. The minimum absolute atomic E-state index is 0.160. The van der Waals surface area contributed by atoms with Gasteiger partial charge < -0.3 is 19.5 Å². The normalized spacial score (nSPS) is 12.5. The van der Waals surface area contributed by atoms with Crippen molar-refractivity contribution in [3.8, 4) is 28.5 Å². The first-order valence-electron chi connectivity index (χ1n) is 9.62. The second-order valence-corrected chi connectivity index (χ2v) is 8.32. The Balaban J connectivity index is 1.45. The Morgan fingerprint density at radius 2 is 2.00 bits per heavy atom. The molecule has 1 N–H and O–H groups in total. The van der Waals surface area contributed by atoms with Crippen molar-refractivity contribution in [1.82, 2.24) is 4.98 Å². The smallest absolute Gasteiger partial charge is 0.230 e. The summed E-state index contributed by atoms with van der Waals surface area (Å²) in [7, 11) is 0. The van der Waals surface area contributed by atoms with E-state index in [0.717, 1.165) is 27.4 Å². The number of aromatic nitrogens is 1. The van der Waals surface area contributed by atoms with Gasteiger partial charge in [0.2, 0.25) is 5.91 Å². The molecule has 8 heteroatoms. The number of aryl methyl sites for hydroxylation is 1. The molecule has 4 rings (SSSR count). The van der Waals surface area contributed by atoms with E-state index in [-0.39, 0.29) is 12.3 Å². The van der Waals surface area contributed by atoms with Crippen LogP contribution in [0.4, 0.5) is 5.13 Å². The third kappa shape index (κ3) is 4.52. The number of nitrogens with zero attached hydrogens (tertiary/aromatic N) is 1. The van der Waals surface area contributed by atoms with E-state index in [1.807, 2.05) is 38.1 Å². The molecule has 3 aromatic rings. The summed E-state index contributed by atoms with van der Waals surface area (Å²) in [6.07, 6.45) is 0.160. The number of benzene rings is 2. The van der Waals surface area contributed by atoms with Gasteiger partial charge in [0, 0.05) is 10.4 Å². The number of ether oxygens (including phenoxy) is 3. The first-order valence-corrected chi connectivity index (χ1v) is 10.8. The van der Waals surface area contributed by atoms with Crippen molar-refractivity contribution in [2.75, 3.05) is 25.1 Å². The summed E-state index contributed by atoms with van der Waals surface area (Å²) in [4.78, 5) is 18.2. The maximum atomic E-state index is 12.6. The summed E-state index contributed by atoms with van der Waals surface area (Å²) in [6.45, 7) is 5.49. The van der Waals surface area contributed by atoms with Crippen LogP contribution >= 0.6 is 22.9 Å². The standard InChI is InChI=1S/C22H21ClN2O4S/c1-3-27-16-6-4-15(5-7-16)20-13(2)30-22(25-20)24-19(26)12-14-10-17(23)21-18(11-14)28-8-9-29-21/h4-7,10-11H,3,8-9,12H2,1-2H3,(H,24,25,26). The first kappa shape index (κ1) is 20.5. The zero-order chi connectivity index (χ0) is 21.1. The molecule has 6 nitrogen and oxygen atoms in total. The molecule has 1 amide bonds. The van der Waals surface area contributed by atoms with Gasteiger partial charge in [-0.3, -0.25) is 4.79 Å². The lowest BCUT2D eigenvalue weighted by Crippen LogP contribution is -2.17. The highest BCUT2D eigenvalue weighted by Crippen LogP contribution is 2.38. The topological polar surface area (TPSA) is 69.7 Å². The van der Waals surface area contributed by atoms with Crippen molar-refractivity contribution >= 4 is 34.0 Å². The predicted octanol–water partition coefficient (Wildman–Crippen LogP) is 5.12. The molecule has 2 aromatic carbocycles. The zero-order valence-corrected chi connectivity index (χ0v) is 18.2. The molecular formula is C22H21ClN2O4S. The van der Waals surface area contributed by atoms with Crippen LogP contribution in [-0.4, -0.2) is 30.7 Å². The van der Waals surface area contributed by atoms with Crippen LogP contribution in [0.2, 0.25) is 5.02 Å². The molecule has 30 heavy (non-hydrogen) atoms. The van der Waals surface area contributed by atoms with Gasteiger partial charge in [0.25, 0.3) is 0 Å². The number of halogens is 1. The molecule has 2 heterocycles. The molecule has 0 unspecified atom stereocenters. The maximum absolute atomic E-state index is 12.6. The fraction of sp³-hybridized carbons (Fsp3) is 0.273. The number of hydrogen-bond donors (Lipinski definition) is 1. The molecule has 1 aromatic heterocycles. The van der Waals surface area contributed by atoms with E-state index in [9.17, 15) is 4.79 Å². The molecule has 156 valence electrons. The molecule has 0 radical (unpaired) electrons. The largest absolute Gasteiger partial charge is 0.494 e. The van der Waals surface area contributed by atoms with Crippen molar-refractivity contribution in [3.63, 3.8) is 0 Å². The second kappa shape index (κ2) is 8.93. The van der Waals surface area contributed by atoms with Crippen molar-refractivity contribution in [1.29, 1.82) is 0 Å². The van der Waals surface area contributed by atoms with Crippen molar-refractivity contribution in [3.05, 3.63) is 51.9 Å². The number of carbonyl (C=O) groups is 1. The molecule has 0 bridgehead atoms. The summed E-state index contributed by atoms with van der Waals surface area (Å²) < 4.78 is 16.6. The lowest BCUT2D eigenvalue weighted by atomic mass is 10.1. The quantitative estimate of drug-likeness (QED) is 0.571. The number of hydrogen-bond acceptors (Lipinski definition) is 6. The van der Waals surface area contributed by atoms with Crippen LogP contribution < -0.4 is 19.5 Å². The number of nitrogens with one attached hydrogen (secondary N) is 1. The molecule has 1 aliphatic heterocycles. The van der Waals surface area contributed by atoms with E-state index in [4.69, 9.17) is 25.8 Å². The number of anilines is 1. The molecule has 0 atom stereocenters. The highest BCUT2D eigenvalue weighted by molar-refractivity contribution is 7.16. The van der Waals surface area contributed by atoms with Crippen LogP contribution in [0.5, 0.6) is 17.2 Å². The Morgan fingerprint density at radius 1 is 1.23 bits per heavy atom. The maximum Gasteiger partial charge on any atom is 0.230 e. The van der Waals surface area contributed by atoms with Gasteiger partial charge in [0.15, 0.2) is 16.6 Å². The van der Waals surface area contributed by atoms with Gasteiger partial charge in [0.1, 0.15) is 19.0 Å². The van der Waals surface area contributed by atoms with E-state index in [1.54, 1.807) is 12.1 Å². The number of fused-ring (bicyclic) bond motifs is 1. The van der Waals surface area contributed by atoms with Gasteiger partial charge >= 0.3 is 0 Å². The number of rotatable bonds is 6. The highest BCUT2D eigenvalue weighted by atomic mass is 35.5. The van der Waals surface area contributed by atoms with Crippen LogP contribution in [-0.2, 0) is 11.2 Å². The molecule has 0 spiro atoms. The van der Waals surface area contributed by atoms with Crippen LogP contribution in [0.3, 0.4) is 0 Å². The summed E-state index contributed by atoms with van der Waals surface area (Å²) in [5.74, 6) is 1.75. The number of thiazole rings is 1. The minimum atomic E-state index is -0.172. The van der Waals surface area contributed by atoms with Crippen LogP contribution in [0.25, 0.3) is 11.3 Å². The van der Waals surface area contributed by atoms with Crippen LogP contribution in [0, 0.1) is 6.92 Å². The van der Waals surface area contributed by atoms with Gasteiger partial charge in [-0.15, -0.1) is 11.3 Å². The first-order chi connectivity index (χ1) is 14.5. The SMILES string of the molecule is CCOc1ccc(-c2nc(NC(=O)Cc3cc(Cl)c4c(c3)OCCO4)sc2C)cc1. The Morgan fingerprint density at radius 3 is 2.77 bits per heavy atom. The molecule has 0 saturated carbocycles. The van der Waals surface area contributed by atoms with E-state index in [0.29, 0.717) is 41.5 Å². The minimum Gasteiger partial charge on any atom is -0.494 e. The fourth-order valence-electron chi connectivity index (χ4n) is 3.21.